The number of carbonyl (C=O) groups excluding carboxylic acids is 1. The maximum absolute atomic E-state index is 12.5. The minimum absolute atomic E-state index is 0.116. The van der Waals surface area contributed by atoms with E-state index in [0.29, 0.717) is 4.90 Å². The van der Waals surface area contributed by atoms with E-state index in [4.69, 9.17) is 0 Å². The van der Waals surface area contributed by atoms with Crippen LogP contribution in [0.15, 0.2) is 57.3 Å². The topological polar surface area (TPSA) is 98.0 Å². The first-order valence-electron chi connectivity index (χ1n) is 8.03. The molecule has 7 nitrogen and oxygen atoms in total. The highest BCUT2D eigenvalue weighted by Gasteiger charge is 2.20. The van der Waals surface area contributed by atoms with Crippen LogP contribution in [0.1, 0.15) is 34.6 Å². The number of nitro benzene ring substituents is 1. The largest absolute Gasteiger partial charge is 0.345 e. The Bertz CT molecular complexity index is 976. The zero-order valence-corrected chi connectivity index (χ0v) is 16.2. The molecule has 0 saturated heterocycles. The summed E-state index contributed by atoms with van der Waals surface area (Å²) in [7, 11) is 0. The first-order chi connectivity index (χ1) is 12.9. The molecule has 1 amide bonds. The second-order valence-electron chi connectivity index (χ2n) is 5.78. The van der Waals surface area contributed by atoms with Crippen LogP contribution in [-0.4, -0.2) is 20.8 Å². The number of aromatic nitrogens is 2. The number of carbonyl (C=O) groups is 1. The predicted octanol–water partition coefficient (Wildman–Crippen LogP) is 4.40. The van der Waals surface area contributed by atoms with Gasteiger partial charge in [-0.2, -0.15) is 0 Å². The molecule has 3 rings (SSSR count). The van der Waals surface area contributed by atoms with Crippen molar-refractivity contribution in [2.45, 2.75) is 29.1 Å². The van der Waals surface area contributed by atoms with Gasteiger partial charge in [0.15, 0.2) is 4.34 Å². The first kappa shape index (κ1) is 19.0. The van der Waals surface area contributed by atoms with Crippen LogP contribution < -0.4 is 5.32 Å². The number of benzene rings is 1. The molecule has 0 radical (unpaired) electrons. The van der Waals surface area contributed by atoms with Crippen molar-refractivity contribution in [3.05, 3.63) is 75.0 Å². The summed E-state index contributed by atoms with van der Waals surface area (Å²) < 4.78 is 0.720. The number of hydrogen-bond donors (Lipinski definition) is 1. The molecule has 2 heterocycles. The second kappa shape index (κ2) is 8.28. The minimum atomic E-state index is -0.482. The molecule has 9 heteroatoms. The molecular weight excluding hydrogens is 384 g/mol. The summed E-state index contributed by atoms with van der Waals surface area (Å²) in [6, 6.07) is 7.85. The van der Waals surface area contributed by atoms with Gasteiger partial charge in [-0.05, 0) is 37.6 Å². The number of aryl methyl sites for hydroxylation is 1. The van der Waals surface area contributed by atoms with Gasteiger partial charge in [0.1, 0.15) is 0 Å². The van der Waals surface area contributed by atoms with E-state index in [0.717, 1.165) is 15.6 Å². The van der Waals surface area contributed by atoms with Gasteiger partial charge in [0.05, 0.1) is 15.9 Å². The van der Waals surface area contributed by atoms with Crippen LogP contribution in [0.5, 0.6) is 0 Å². The Morgan fingerprint density at radius 3 is 2.81 bits per heavy atom. The van der Waals surface area contributed by atoms with E-state index >= 15 is 0 Å². The fraction of sp³-hybridized carbons (Fsp3) is 0.167. The third-order valence-corrected chi connectivity index (χ3v) is 5.87. The Labute approximate surface area is 164 Å². The molecule has 0 aliphatic carbocycles. The molecule has 0 fully saturated rings. The highest BCUT2D eigenvalue weighted by atomic mass is 32.2. The number of nitro groups is 1. The SMILES string of the molecule is Cc1csc(Sc2ccc(C(=O)NC(C)c3cccnc3)cc2[N+](=O)[O-])n1. The van der Waals surface area contributed by atoms with Crippen molar-refractivity contribution < 1.29 is 9.72 Å². The van der Waals surface area contributed by atoms with Crippen LogP contribution in [0.4, 0.5) is 5.69 Å². The van der Waals surface area contributed by atoms with Crippen LogP contribution in [0.3, 0.4) is 0 Å². The van der Waals surface area contributed by atoms with E-state index in [2.05, 4.69) is 15.3 Å². The van der Waals surface area contributed by atoms with Crippen LogP contribution in [0.2, 0.25) is 0 Å². The molecule has 3 aromatic rings. The molecule has 0 aliphatic heterocycles. The van der Waals surface area contributed by atoms with E-state index in [9.17, 15) is 14.9 Å². The molecule has 0 aliphatic rings. The average molecular weight is 400 g/mol. The third-order valence-electron chi connectivity index (χ3n) is 3.75. The molecule has 1 N–H and O–H groups in total. The molecule has 1 unspecified atom stereocenters. The van der Waals surface area contributed by atoms with E-state index in [1.54, 1.807) is 30.6 Å². The normalized spacial score (nSPS) is 11.8. The van der Waals surface area contributed by atoms with Crippen LogP contribution in [0, 0.1) is 17.0 Å². The van der Waals surface area contributed by atoms with Crippen molar-refractivity contribution in [3.63, 3.8) is 0 Å². The van der Waals surface area contributed by atoms with Crippen molar-refractivity contribution in [3.8, 4) is 0 Å². The van der Waals surface area contributed by atoms with Gasteiger partial charge in [0, 0.05) is 35.1 Å². The highest BCUT2D eigenvalue weighted by Crippen LogP contribution is 2.36. The van der Waals surface area contributed by atoms with Crippen molar-refractivity contribution in [1.29, 1.82) is 0 Å². The van der Waals surface area contributed by atoms with E-state index in [-0.39, 0.29) is 23.2 Å². The third kappa shape index (κ3) is 4.69. The summed E-state index contributed by atoms with van der Waals surface area (Å²) in [6.07, 6.45) is 3.32. The van der Waals surface area contributed by atoms with Crippen molar-refractivity contribution in [2.24, 2.45) is 0 Å². The molecule has 0 bridgehead atoms. The summed E-state index contributed by atoms with van der Waals surface area (Å²) in [5.74, 6) is -0.379. The summed E-state index contributed by atoms with van der Waals surface area (Å²) >= 11 is 2.65. The number of nitrogens with zero attached hydrogens (tertiary/aromatic N) is 3. The maximum Gasteiger partial charge on any atom is 0.284 e. The molecule has 138 valence electrons. The number of rotatable bonds is 6. The van der Waals surface area contributed by atoms with Gasteiger partial charge < -0.3 is 5.32 Å². The Kier molecular flexibility index (Phi) is 5.82. The van der Waals surface area contributed by atoms with Crippen molar-refractivity contribution in [1.82, 2.24) is 15.3 Å². The molecule has 27 heavy (non-hydrogen) atoms. The zero-order chi connectivity index (χ0) is 19.4. The zero-order valence-electron chi connectivity index (χ0n) is 14.6. The van der Waals surface area contributed by atoms with Crippen LogP contribution in [0.25, 0.3) is 0 Å². The van der Waals surface area contributed by atoms with Gasteiger partial charge in [0.2, 0.25) is 0 Å². The molecule has 0 saturated carbocycles. The van der Waals surface area contributed by atoms with Gasteiger partial charge in [-0.3, -0.25) is 19.9 Å². The quantitative estimate of drug-likeness (QED) is 0.486. The van der Waals surface area contributed by atoms with E-state index in [1.165, 1.54) is 29.2 Å². The maximum atomic E-state index is 12.5. The van der Waals surface area contributed by atoms with Gasteiger partial charge in [0.25, 0.3) is 11.6 Å². The standard InChI is InChI=1S/C18H16N4O3S2/c1-11-10-26-18(20-11)27-16-6-5-13(8-15(16)22(24)25)17(23)21-12(2)14-4-3-7-19-9-14/h3-10,12H,1-2H3,(H,21,23). The molecule has 1 aromatic carbocycles. The molecule has 1 atom stereocenters. The van der Waals surface area contributed by atoms with Gasteiger partial charge >= 0.3 is 0 Å². The average Bonchev–Trinajstić information content (AvgIpc) is 3.07. The number of amides is 1. The number of pyridine rings is 1. The summed E-state index contributed by atoms with van der Waals surface area (Å²) in [5, 5.41) is 16.2. The number of nitrogens with one attached hydrogen (secondary N) is 1. The van der Waals surface area contributed by atoms with E-state index in [1.807, 2.05) is 25.3 Å². The smallest absolute Gasteiger partial charge is 0.284 e. The summed E-state index contributed by atoms with van der Waals surface area (Å²) in [5.41, 5.74) is 1.84. The lowest BCUT2D eigenvalue weighted by atomic mass is 10.1. The fourth-order valence-corrected chi connectivity index (χ4v) is 4.24. The number of thiazole rings is 1. The summed E-state index contributed by atoms with van der Waals surface area (Å²) in [6.45, 7) is 3.70. The lowest BCUT2D eigenvalue weighted by Gasteiger charge is -2.14. The first-order valence-corrected chi connectivity index (χ1v) is 9.73. The van der Waals surface area contributed by atoms with Crippen LogP contribution in [-0.2, 0) is 0 Å². The molecule has 0 spiro atoms. The lowest BCUT2D eigenvalue weighted by Crippen LogP contribution is -2.26. The summed E-state index contributed by atoms with van der Waals surface area (Å²) in [4.78, 5) is 32.3. The Morgan fingerprint density at radius 2 is 2.19 bits per heavy atom. The van der Waals surface area contributed by atoms with Crippen molar-refractivity contribution >= 4 is 34.7 Å². The predicted molar refractivity (Wildman–Crippen MR) is 104 cm³/mol. The fourth-order valence-electron chi connectivity index (χ4n) is 2.36. The minimum Gasteiger partial charge on any atom is -0.345 e. The van der Waals surface area contributed by atoms with Crippen molar-refractivity contribution in [2.75, 3.05) is 0 Å². The van der Waals surface area contributed by atoms with Gasteiger partial charge in [-0.25, -0.2) is 4.98 Å². The second-order valence-corrected chi connectivity index (χ2v) is 7.93. The Morgan fingerprint density at radius 1 is 1.37 bits per heavy atom. The molecule has 2 aromatic heterocycles. The van der Waals surface area contributed by atoms with Crippen LogP contribution >= 0.6 is 23.1 Å². The number of hydrogen-bond acceptors (Lipinski definition) is 7. The van der Waals surface area contributed by atoms with Gasteiger partial charge in [-0.1, -0.05) is 17.8 Å². The highest BCUT2D eigenvalue weighted by molar-refractivity contribution is 8.01. The lowest BCUT2D eigenvalue weighted by molar-refractivity contribution is -0.387. The Hall–Kier alpha value is -2.78. The van der Waals surface area contributed by atoms with Gasteiger partial charge in [-0.15, -0.1) is 11.3 Å². The Balaban J connectivity index is 1.80. The monoisotopic (exact) mass is 400 g/mol. The molecular formula is C18H16N4O3S2. The van der Waals surface area contributed by atoms with E-state index < -0.39 is 4.92 Å².